The predicted octanol–water partition coefficient (Wildman–Crippen LogP) is 14.6. The molecule has 0 saturated heterocycles. The number of amides is 1. The summed E-state index contributed by atoms with van der Waals surface area (Å²) < 4.78 is 0. The maximum atomic E-state index is 12.4. The Bertz CT molecular complexity index is 790. The summed E-state index contributed by atoms with van der Waals surface area (Å²) in [7, 11) is 0. The van der Waals surface area contributed by atoms with Gasteiger partial charge >= 0.3 is 0 Å². The Morgan fingerprint density at radius 2 is 0.788 bits per heavy atom. The van der Waals surface area contributed by atoms with Crippen LogP contribution in [0, 0.1) is 0 Å². The number of carbonyl (C=O) groups excluding carboxylic acids is 1. The first-order chi connectivity index (χ1) is 25.7. The van der Waals surface area contributed by atoms with E-state index < -0.39 is 12.1 Å². The van der Waals surface area contributed by atoms with E-state index in [0.29, 0.717) is 6.42 Å². The monoisotopic (exact) mass is 730 g/mol. The number of rotatable bonds is 42. The second-order valence-electron chi connectivity index (χ2n) is 15.8. The Labute approximate surface area is 325 Å². The van der Waals surface area contributed by atoms with Crippen molar-refractivity contribution in [2.75, 3.05) is 6.61 Å². The van der Waals surface area contributed by atoms with Gasteiger partial charge < -0.3 is 15.5 Å². The van der Waals surface area contributed by atoms with Crippen molar-refractivity contribution in [2.45, 2.75) is 257 Å². The van der Waals surface area contributed by atoms with Crippen LogP contribution in [0.15, 0.2) is 36.5 Å². The molecule has 0 aliphatic heterocycles. The quantitative estimate of drug-likeness (QED) is 0.0433. The van der Waals surface area contributed by atoms with Crippen molar-refractivity contribution in [3.8, 4) is 0 Å². The van der Waals surface area contributed by atoms with Crippen molar-refractivity contribution in [3.05, 3.63) is 36.5 Å². The maximum Gasteiger partial charge on any atom is 0.220 e. The van der Waals surface area contributed by atoms with Crippen molar-refractivity contribution in [1.82, 2.24) is 5.32 Å². The molecular weight excluding hydrogens is 639 g/mol. The summed E-state index contributed by atoms with van der Waals surface area (Å²) in [6, 6.07) is -0.623. The smallest absolute Gasteiger partial charge is 0.220 e. The van der Waals surface area contributed by atoms with Gasteiger partial charge in [0, 0.05) is 6.42 Å². The molecule has 0 saturated carbocycles. The van der Waals surface area contributed by atoms with Gasteiger partial charge in [0.2, 0.25) is 5.91 Å². The number of hydrogen-bond donors (Lipinski definition) is 3. The highest BCUT2D eigenvalue weighted by molar-refractivity contribution is 5.76. The first-order valence-electron chi connectivity index (χ1n) is 23.2. The Morgan fingerprint density at radius 3 is 1.15 bits per heavy atom. The summed E-state index contributed by atoms with van der Waals surface area (Å²) in [6.07, 6.45) is 58.3. The largest absolute Gasteiger partial charge is 0.394 e. The zero-order valence-corrected chi connectivity index (χ0v) is 35.1. The Hall–Kier alpha value is -1.39. The van der Waals surface area contributed by atoms with Crippen molar-refractivity contribution >= 4 is 5.91 Å². The molecule has 2 unspecified atom stereocenters. The van der Waals surface area contributed by atoms with Crippen LogP contribution >= 0.6 is 0 Å². The fourth-order valence-electron chi connectivity index (χ4n) is 7.03. The number of nitrogens with one attached hydrogen (secondary N) is 1. The summed E-state index contributed by atoms with van der Waals surface area (Å²) in [6.45, 7) is 4.31. The van der Waals surface area contributed by atoms with E-state index >= 15 is 0 Å². The highest BCUT2D eigenvalue weighted by Gasteiger charge is 2.17. The number of hydrogen-bond acceptors (Lipinski definition) is 3. The SMILES string of the molecule is CCCCCCCCCCC/C=C\C/C=C\CCCCCCCCCCCC(=O)NC(CO)C(O)/C=C/CCCCCCCCCCCCCCC. The van der Waals surface area contributed by atoms with Gasteiger partial charge in [-0.15, -0.1) is 0 Å². The standard InChI is InChI=1S/C48H91NO3/c1-3-5-7-9-11-13-15-17-19-20-21-22-23-24-25-26-27-28-30-32-34-36-38-40-42-44-48(52)49-46(45-50)47(51)43-41-39-37-35-33-31-29-18-16-14-12-10-8-6-4-2/h21-22,24-25,41,43,46-47,50-51H,3-20,23,26-40,42,44-45H2,1-2H3,(H,49,52)/b22-21-,25-24-,43-41+. The fourth-order valence-corrected chi connectivity index (χ4v) is 7.03. The molecule has 0 aromatic carbocycles. The lowest BCUT2D eigenvalue weighted by atomic mass is 10.0. The van der Waals surface area contributed by atoms with Gasteiger partial charge in [0.25, 0.3) is 0 Å². The minimum atomic E-state index is -0.840. The molecular formula is C48H91NO3. The van der Waals surface area contributed by atoms with E-state index in [1.807, 2.05) is 6.08 Å². The summed E-state index contributed by atoms with van der Waals surface area (Å²) >= 11 is 0. The normalized spacial score (nSPS) is 13.2. The molecule has 0 aromatic heterocycles. The van der Waals surface area contributed by atoms with E-state index in [4.69, 9.17) is 0 Å². The Morgan fingerprint density at radius 1 is 0.462 bits per heavy atom. The summed E-state index contributed by atoms with van der Waals surface area (Å²) in [5.41, 5.74) is 0. The van der Waals surface area contributed by atoms with E-state index in [-0.39, 0.29) is 12.5 Å². The first kappa shape index (κ1) is 50.6. The van der Waals surface area contributed by atoms with Gasteiger partial charge in [-0.3, -0.25) is 4.79 Å². The van der Waals surface area contributed by atoms with Crippen molar-refractivity contribution in [1.29, 1.82) is 0 Å². The third-order valence-electron chi connectivity index (χ3n) is 10.6. The molecule has 2 atom stereocenters. The third-order valence-corrected chi connectivity index (χ3v) is 10.6. The van der Waals surface area contributed by atoms with Gasteiger partial charge in [0.15, 0.2) is 0 Å². The van der Waals surface area contributed by atoms with E-state index in [9.17, 15) is 15.0 Å². The van der Waals surface area contributed by atoms with Crippen molar-refractivity contribution in [3.63, 3.8) is 0 Å². The second kappa shape index (κ2) is 44.0. The van der Waals surface area contributed by atoms with Gasteiger partial charge in [-0.05, 0) is 51.4 Å². The van der Waals surface area contributed by atoms with E-state index in [0.717, 1.165) is 32.1 Å². The zero-order valence-electron chi connectivity index (χ0n) is 35.1. The van der Waals surface area contributed by atoms with Crippen LogP contribution in [-0.4, -0.2) is 34.9 Å². The average molecular weight is 730 g/mol. The number of aliphatic hydroxyl groups excluding tert-OH is 2. The van der Waals surface area contributed by atoms with Gasteiger partial charge in [-0.25, -0.2) is 0 Å². The molecule has 306 valence electrons. The molecule has 0 aliphatic rings. The van der Waals surface area contributed by atoms with Crippen LogP contribution in [0.2, 0.25) is 0 Å². The van der Waals surface area contributed by atoms with Crippen LogP contribution in [0.3, 0.4) is 0 Å². The molecule has 4 heteroatoms. The maximum absolute atomic E-state index is 12.4. The number of aliphatic hydroxyl groups is 2. The topological polar surface area (TPSA) is 69.6 Å². The zero-order chi connectivity index (χ0) is 37.8. The minimum absolute atomic E-state index is 0.0675. The molecule has 0 rings (SSSR count). The third kappa shape index (κ3) is 39.8. The molecule has 0 radical (unpaired) electrons. The second-order valence-corrected chi connectivity index (χ2v) is 15.8. The van der Waals surface area contributed by atoms with Gasteiger partial charge in [-0.2, -0.15) is 0 Å². The number of unbranched alkanes of at least 4 members (excludes halogenated alkanes) is 31. The molecule has 52 heavy (non-hydrogen) atoms. The van der Waals surface area contributed by atoms with Crippen LogP contribution in [0.25, 0.3) is 0 Å². The summed E-state index contributed by atoms with van der Waals surface area (Å²) in [4.78, 5) is 12.4. The van der Waals surface area contributed by atoms with E-state index in [1.165, 1.54) is 193 Å². The lowest BCUT2D eigenvalue weighted by Gasteiger charge is -2.20. The molecule has 0 aliphatic carbocycles. The van der Waals surface area contributed by atoms with Gasteiger partial charge in [0.05, 0.1) is 18.8 Å². The first-order valence-corrected chi connectivity index (χ1v) is 23.2. The van der Waals surface area contributed by atoms with Gasteiger partial charge in [0.1, 0.15) is 0 Å². The molecule has 0 aromatic rings. The highest BCUT2D eigenvalue weighted by Crippen LogP contribution is 2.15. The van der Waals surface area contributed by atoms with Crippen LogP contribution < -0.4 is 5.32 Å². The fraction of sp³-hybridized carbons (Fsp3) is 0.854. The Kier molecular flexibility index (Phi) is 42.8. The van der Waals surface area contributed by atoms with Crippen LogP contribution in [-0.2, 0) is 4.79 Å². The molecule has 0 bridgehead atoms. The average Bonchev–Trinajstić information content (AvgIpc) is 3.15. The van der Waals surface area contributed by atoms with Gasteiger partial charge in [-0.1, -0.05) is 224 Å². The molecule has 3 N–H and O–H groups in total. The summed E-state index contributed by atoms with van der Waals surface area (Å²) in [5.74, 6) is -0.0675. The van der Waals surface area contributed by atoms with Crippen LogP contribution in [0.5, 0.6) is 0 Å². The molecule has 1 amide bonds. The predicted molar refractivity (Wildman–Crippen MR) is 230 cm³/mol. The lowest BCUT2D eigenvalue weighted by molar-refractivity contribution is -0.123. The highest BCUT2D eigenvalue weighted by atomic mass is 16.3. The lowest BCUT2D eigenvalue weighted by Crippen LogP contribution is -2.45. The van der Waals surface area contributed by atoms with Crippen molar-refractivity contribution < 1.29 is 15.0 Å². The van der Waals surface area contributed by atoms with Crippen LogP contribution in [0.1, 0.15) is 245 Å². The van der Waals surface area contributed by atoms with Crippen molar-refractivity contribution in [2.24, 2.45) is 0 Å². The number of allylic oxidation sites excluding steroid dienone is 5. The Balaban J connectivity index is 3.55. The van der Waals surface area contributed by atoms with E-state index in [1.54, 1.807) is 6.08 Å². The van der Waals surface area contributed by atoms with Crippen LogP contribution in [0.4, 0.5) is 0 Å². The van der Waals surface area contributed by atoms with E-state index in [2.05, 4.69) is 43.5 Å². The minimum Gasteiger partial charge on any atom is -0.394 e. The number of carbonyl (C=O) groups is 1. The molecule has 0 fully saturated rings. The molecule has 4 nitrogen and oxygen atoms in total. The summed E-state index contributed by atoms with van der Waals surface area (Å²) in [5, 5.41) is 23.0. The molecule has 0 heterocycles. The molecule has 0 spiro atoms.